The molecule has 0 aliphatic carbocycles. The summed E-state index contributed by atoms with van der Waals surface area (Å²) >= 11 is 3.52. The van der Waals surface area contributed by atoms with Crippen LogP contribution < -0.4 is 11.1 Å². The Labute approximate surface area is 118 Å². The Morgan fingerprint density at radius 1 is 1.56 bits per heavy atom. The highest BCUT2D eigenvalue weighted by Crippen LogP contribution is 2.24. The maximum Gasteiger partial charge on any atom is 0.0313 e. The highest BCUT2D eigenvalue weighted by atomic mass is 79.9. The van der Waals surface area contributed by atoms with Crippen LogP contribution in [0, 0.1) is 6.92 Å². The lowest BCUT2D eigenvalue weighted by molar-refractivity contribution is 0.225. The first kappa shape index (κ1) is 14.0. The zero-order valence-electron chi connectivity index (χ0n) is 11.1. The van der Waals surface area contributed by atoms with Crippen LogP contribution in [0.1, 0.15) is 23.6 Å². The van der Waals surface area contributed by atoms with Crippen molar-refractivity contribution in [3.05, 3.63) is 33.8 Å². The molecular formula is C14H22BrN3. The molecule has 0 saturated carbocycles. The van der Waals surface area contributed by atoms with Crippen molar-refractivity contribution in [2.24, 2.45) is 5.73 Å². The fourth-order valence-corrected chi connectivity index (χ4v) is 2.97. The molecule has 1 fully saturated rings. The van der Waals surface area contributed by atoms with Gasteiger partial charge in [-0.05, 0) is 43.7 Å². The summed E-state index contributed by atoms with van der Waals surface area (Å²) in [5.74, 6) is 0. The van der Waals surface area contributed by atoms with Crippen molar-refractivity contribution in [3.8, 4) is 0 Å². The normalized spacial score (nSPS) is 23.0. The molecule has 3 N–H and O–H groups in total. The number of rotatable bonds is 3. The van der Waals surface area contributed by atoms with Gasteiger partial charge in [0.1, 0.15) is 0 Å². The van der Waals surface area contributed by atoms with Crippen molar-refractivity contribution in [1.29, 1.82) is 0 Å². The van der Waals surface area contributed by atoms with Gasteiger partial charge in [0.05, 0.1) is 0 Å². The monoisotopic (exact) mass is 311 g/mol. The summed E-state index contributed by atoms with van der Waals surface area (Å²) in [6.07, 6.45) is 0.988. The first-order valence-electron chi connectivity index (χ1n) is 6.50. The Morgan fingerprint density at radius 3 is 3.06 bits per heavy atom. The second-order valence-electron chi connectivity index (χ2n) is 5.26. The minimum absolute atomic E-state index is 0.103. The molecule has 0 aromatic heterocycles. The van der Waals surface area contributed by atoms with E-state index in [-0.39, 0.29) is 6.04 Å². The summed E-state index contributed by atoms with van der Waals surface area (Å²) in [7, 11) is 2.17. The van der Waals surface area contributed by atoms with Crippen molar-refractivity contribution in [2.45, 2.75) is 25.4 Å². The average Bonchev–Trinajstić information content (AvgIpc) is 2.32. The molecular weight excluding hydrogens is 290 g/mol. The van der Waals surface area contributed by atoms with Gasteiger partial charge in [-0.3, -0.25) is 0 Å². The van der Waals surface area contributed by atoms with E-state index in [1.807, 2.05) is 0 Å². The van der Waals surface area contributed by atoms with E-state index in [4.69, 9.17) is 5.73 Å². The predicted molar refractivity (Wildman–Crippen MR) is 79.7 cm³/mol. The third-order valence-corrected chi connectivity index (χ3v) is 4.13. The van der Waals surface area contributed by atoms with Gasteiger partial charge in [0.2, 0.25) is 0 Å². The van der Waals surface area contributed by atoms with Crippen LogP contribution in [-0.4, -0.2) is 37.6 Å². The minimum Gasteiger partial charge on any atom is -0.324 e. The van der Waals surface area contributed by atoms with Crippen LogP contribution in [-0.2, 0) is 0 Å². The molecule has 1 aliphatic rings. The first-order chi connectivity index (χ1) is 8.56. The van der Waals surface area contributed by atoms with E-state index in [2.05, 4.69) is 58.3 Å². The van der Waals surface area contributed by atoms with Crippen molar-refractivity contribution in [1.82, 2.24) is 10.2 Å². The quantitative estimate of drug-likeness (QED) is 0.897. The molecule has 1 saturated heterocycles. The largest absolute Gasteiger partial charge is 0.324 e. The summed E-state index contributed by atoms with van der Waals surface area (Å²) in [4.78, 5) is 2.36. The number of hydrogen-bond acceptors (Lipinski definition) is 3. The molecule has 2 unspecified atom stereocenters. The van der Waals surface area contributed by atoms with Crippen molar-refractivity contribution < 1.29 is 0 Å². The van der Waals surface area contributed by atoms with E-state index in [0.29, 0.717) is 6.04 Å². The Hall–Kier alpha value is -0.420. The lowest BCUT2D eigenvalue weighted by Crippen LogP contribution is -2.49. The molecule has 2 atom stereocenters. The molecule has 1 aromatic rings. The maximum atomic E-state index is 6.36. The van der Waals surface area contributed by atoms with Gasteiger partial charge >= 0.3 is 0 Å². The second-order valence-corrected chi connectivity index (χ2v) is 6.17. The summed E-state index contributed by atoms with van der Waals surface area (Å²) in [6, 6.07) is 6.94. The molecule has 100 valence electrons. The zero-order chi connectivity index (χ0) is 13.1. The molecule has 1 aliphatic heterocycles. The highest BCUT2D eigenvalue weighted by Gasteiger charge is 2.20. The molecule has 4 heteroatoms. The van der Waals surface area contributed by atoms with Crippen LogP contribution in [0.2, 0.25) is 0 Å². The third-order valence-electron chi connectivity index (χ3n) is 3.64. The number of piperazine rings is 1. The van der Waals surface area contributed by atoms with Gasteiger partial charge < -0.3 is 16.0 Å². The van der Waals surface area contributed by atoms with Gasteiger partial charge in [0.25, 0.3) is 0 Å². The van der Waals surface area contributed by atoms with Crippen molar-refractivity contribution >= 4 is 15.9 Å². The fraction of sp³-hybridized carbons (Fsp3) is 0.571. The van der Waals surface area contributed by atoms with Gasteiger partial charge in [-0.1, -0.05) is 22.0 Å². The zero-order valence-corrected chi connectivity index (χ0v) is 12.7. The van der Waals surface area contributed by atoms with E-state index in [1.165, 1.54) is 11.1 Å². The molecule has 0 spiro atoms. The average molecular weight is 312 g/mol. The number of likely N-dealkylation sites (N-methyl/N-ethyl adjacent to an activating group) is 1. The molecule has 0 amide bonds. The molecule has 3 nitrogen and oxygen atoms in total. The maximum absolute atomic E-state index is 6.36. The summed E-state index contributed by atoms with van der Waals surface area (Å²) < 4.78 is 1.10. The SMILES string of the molecule is Cc1ccc(Br)cc1C(N)CC1CN(C)CCN1. The molecule has 18 heavy (non-hydrogen) atoms. The van der Waals surface area contributed by atoms with Crippen LogP contribution in [0.5, 0.6) is 0 Å². The third kappa shape index (κ3) is 3.54. The number of halogens is 1. The molecule has 0 bridgehead atoms. The topological polar surface area (TPSA) is 41.3 Å². The number of aryl methyl sites for hydroxylation is 1. The van der Waals surface area contributed by atoms with Crippen LogP contribution in [0.25, 0.3) is 0 Å². The molecule has 1 aromatic carbocycles. The first-order valence-corrected chi connectivity index (χ1v) is 7.29. The van der Waals surface area contributed by atoms with Gasteiger partial charge in [0.15, 0.2) is 0 Å². The Morgan fingerprint density at radius 2 is 2.33 bits per heavy atom. The number of nitrogens with one attached hydrogen (secondary N) is 1. The lowest BCUT2D eigenvalue weighted by atomic mass is 9.95. The Bertz CT molecular complexity index is 408. The van der Waals surface area contributed by atoms with Gasteiger partial charge in [-0.25, -0.2) is 0 Å². The highest BCUT2D eigenvalue weighted by molar-refractivity contribution is 9.10. The van der Waals surface area contributed by atoms with Gasteiger partial charge in [-0.15, -0.1) is 0 Å². The molecule has 0 radical (unpaired) electrons. The smallest absolute Gasteiger partial charge is 0.0313 e. The summed E-state index contributed by atoms with van der Waals surface area (Å²) in [5, 5.41) is 3.55. The molecule has 1 heterocycles. The predicted octanol–water partition coefficient (Wildman–Crippen LogP) is 2.05. The van der Waals surface area contributed by atoms with E-state index >= 15 is 0 Å². The minimum atomic E-state index is 0.103. The Balaban J connectivity index is 2.02. The van der Waals surface area contributed by atoms with Gasteiger partial charge in [0, 0.05) is 36.2 Å². The second kappa shape index (κ2) is 6.15. The van der Waals surface area contributed by atoms with E-state index in [1.54, 1.807) is 0 Å². The summed E-state index contributed by atoms with van der Waals surface area (Å²) in [5.41, 5.74) is 8.88. The van der Waals surface area contributed by atoms with E-state index in [0.717, 1.165) is 30.5 Å². The molecule has 2 rings (SSSR count). The lowest BCUT2D eigenvalue weighted by Gasteiger charge is -2.32. The van der Waals surface area contributed by atoms with Crippen LogP contribution >= 0.6 is 15.9 Å². The number of nitrogens with two attached hydrogens (primary N) is 1. The van der Waals surface area contributed by atoms with Crippen molar-refractivity contribution in [2.75, 3.05) is 26.7 Å². The Kier molecular flexibility index (Phi) is 4.78. The van der Waals surface area contributed by atoms with Crippen LogP contribution in [0.15, 0.2) is 22.7 Å². The number of hydrogen-bond donors (Lipinski definition) is 2. The standard InChI is InChI=1S/C14H22BrN3/c1-10-3-4-11(15)7-13(10)14(16)8-12-9-18(2)6-5-17-12/h3-4,7,12,14,17H,5-6,8-9,16H2,1-2H3. The fourth-order valence-electron chi connectivity index (χ4n) is 2.59. The van der Waals surface area contributed by atoms with Crippen LogP contribution in [0.3, 0.4) is 0 Å². The summed E-state index contributed by atoms with van der Waals surface area (Å²) in [6.45, 7) is 5.40. The van der Waals surface area contributed by atoms with Gasteiger partial charge in [-0.2, -0.15) is 0 Å². The van der Waals surface area contributed by atoms with Crippen molar-refractivity contribution in [3.63, 3.8) is 0 Å². The van der Waals surface area contributed by atoms with E-state index < -0.39 is 0 Å². The number of nitrogens with zero attached hydrogens (tertiary/aromatic N) is 1. The van der Waals surface area contributed by atoms with E-state index in [9.17, 15) is 0 Å². The van der Waals surface area contributed by atoms with Crippen LogP contribution in [0.4, 0.5) is 0 Å². The number of benzene rings is 1.